The van der Waals surface area contributed by atoms with Gasteiger partial charge in [-0.3, -0.25) is 0 Å². The van der Waals surface area contributed by atoms with Gasteiger partial charge in [-0.15, -0.1) is 0 Å². The van der Waals surface area contributed by atoms with Crippen LogP contribution in [0.4, 0.5) is 0 Å². The van der Waals surface area contributed by atoms with Crippen LogP contribution >= 0.6 is 0 Å². The van der Waals surface area contributed by atoms with Crippen LogP contribution in [-0.2, 0) is 18.3 Å². The van der Waals surface area contributed by atoms with Crippen molar-refractivity contribution in [2.24, 2.45) is 5.73 Å². The summed E-state index contributed by atoms with van der Waals surface area (Å²) in [5, 5.41) is 0. The highest BCUT2D eigenvalue weighted by Crippen LogP contribution is 2.44. The van der Waals surface area contributed by atoms with E-state index in [1.807, 2.05) is 0 Å². The summed E-state index contributed by atoms with van der Waals surface area (Å²) in [5.74, 6) is 0. The van der Waals surface area contributed by atoms with Crippen molar-refractivity contribution in [1.82, 2.24) is 0 Å². The van der Waals surface area contributed by atoms with Gasteiger partial charge in [0.1, 0.15) is 0 Å². The molecule has 1 heteroatoms. The molecule has 0 amide bonds. The quantitative estimate of drug-likeness (QED) is 0.823. The van der Waals surface area contributed by atoms with Crippen LogP contribution in [-0.4, -0.2) is 6.54 Å². The van der Waals surface area contributed by atoms with E-state index in [4.69, 9.17) is 5.73 Å². The summed E-state index contributed by atoms with van der Waals surface area (Å²) in [7, 11) is 0. The number of rotatable bonds is 4. The van der Waals surface area contributed by atoms with E-state index in [-0.39, 0.29) is 0 Å². The molecular formula is C15H23N. The zero-order chi connectivity index (χ0) is 11.6. The molecule has 0 atom stereocenters. The van der Waals surface area contributed by atoms with Crippen LogP contribution < -0.4 is 5.73 Å². The van der Waals surface area contributed by atoms with Crippen LogP contribution in [0.2, 0.25) is 0 Å². The summed E-state index contributed by atoms with van der Waals surface area (Å²) >= 11 is 0. The first-order valence-corrected chi connectivity index (χ1v) is 6.58. The highest BCUT2D eigenvalue weighted by Gasteiger charge is 2.38. The highest BCUT2D eigenvalue weighted by molar-refractivity contribution is 5.40. The second-order valence-corrected chi connectivity index (χ2v) is 5.04. The topological polar surface area (TPSA) is 26.0 Å². The van der Waals surface area contributed by atoms with Crippen LogP contribution in [0.15, 0.2) is 18.2 Å². The molecule has 0 spiro atoms. The molecule has 0 heterocycles. The molecule has 1 fully saturated rings. The molecule has 88 valence electrons. The van der Waals surface area contributed by atoms with E-state index in [9.17, 15) is 0 Å². The molecule has 16 heavy (non-hydrogen) atoms. The van der Waals surface area contributed by atoms with E-state index in [0.29, 0.717) is 5.41 Å². The Hall–Kier alpha value is -0.820. The van der Waals surface area contributed by atoms with Crippen molar-refractivity contribution >= 4 is 0 Å². The van der Waals surface area contributed by atoms with E-state index in [2.05, 4.69) is 32.0 Å². The summed E-state index contributed by atoms with van der Waals surface area (Å²) in [6.07, 6.45) is 6.16. The Kier molecular flexibility index (Phi) is 3.34. The van der Waals surface area contributed by atoms with Crippen molar-refractivity contribution < 1.29 is 0 Å². The van der Waals surface area contributed by atoms with Crippen LogP contribution in [0.1, 0.15) is 49.8 Å². The van der Waals surface area contributed by atoms with E-state index >= 15 is 0 Å². The second kappa shape index (κ2) is 4.58. The molecule has 0 aromatic heterocycles. The standard InChI is InChI=1S/C15H23N/c1-3-12-6-7-13(4-2)14(10-12)15(11-16)8-5-9-15/h6-7,10H,3-5,8-9,11,16H2,1-2H3. The van der Waals surface area contributed by atoms with E-state index < -0.39 is 0 Å². The van der Waals surface area contributed by atoms with Gasteiger partial charge in [0, 0.05) is 12.0 Å². The average molecular weight is 217 g/mol. The lowest BCUT2D eigenvalue weighted by Crippen LogP contribution is -2.42. The normalized spacial score (nSPS) is 18.2. The number of nitrogens with two attached hydrogens (primary N) is 1. The molecule has 1 nitrogen and oxygen atoms in total. The first-order valence-electron chi connectivity index (χ1n) is 6.58. The lowest BCUT2D eigenvalue weighted by molar-refractivity contribution is 0.251. The molecule has 2 N–H and O–H groups in total. The van der Waals surface area contributed by atoms with Gasteiger partial charge >= 0.3 is 0 Å². The third-order valence-electron chi connectivity index (χ3n) is 4.24. The zero-order valence-corrected chi connectivity index (χ0v) is 10.6. The first kappa shape index (κ1) is 11.7. The molecule has 0 radical (unpaired) electrons. The molecule has 1 saturated carbocycles. The van der Waals surface area contributed by atoms with E-state index in [1.165, 1.54) is 30.4 Å². The summed E-state index contributed by atoms with van der Waals surface area (Å²) < 4.78 is 0. The fraction of sp³-hybridized carbons (Fsp3) is 0.600. The number of aryl methyl sites for hydroxylation is 2. The number of hydrogen-bond donors (Lipinski definition) is 1. The molecular weight excluding hydrogens is 194 g/mol. The molecule has 1 aromatic rings. The van der Waals surface area contributed by atoms with Gasteiger partial charge in [-0.25, -0.2) is 0 Å². The van der Waals surface area contributed by atoms with Gasteiger partial charge in [0.05, 0.1) is 0 Å². The lowest BCUT2D eigenvalue weighted by Gasteiger charge is -2.43. The molecule has 0 aliphatic heterocycles. The third-order valence-corrected chi connectivity index (χ3v) is 4.24. The second-order valence-electron chi connectivity index (χ2n) is 5.04. The lowest BCUT2D eigenvalue weighted by atomic mass is 9.63. The van der Waals surface area contributed by atoms with Gasteiger partial charge in [-0.1, -0.05) is 38.5 Å². The van der Waals surface area contributed by atoms with Crippen molar-refractivity contribution in [2.45, 2.75) is 51.4 Å². The molecule has 0 bridgehead atoms. The van der Waals surface area contributed by atoms with Crippen LogP contribution in [0, 0.1) is 0 Å². The van der Waals surface area contributed by atoms with Crippen molar-refractivity contribution in [3.05, 3.63) is 34.9 Å². The van der Waals surface area contributed by atoms with Gasteiger partial charge in [0.25, 0.3) is 0 Å². The van der Waals surface area contributed by atoms with Gasteiger partial charge in [0.2, 0.25) is 0 Å². The van der Waals surface area contributed by atoms with Gasteiger partial charge in [0.15, 0.2) is 0 Å². The monoisotopic (exact) mass is 217 g/mol. The molecule has 1 aliphatic rings. The Bertz CT molecular complexity index is 358. The van der Waals surface area contributed by atoms with Crippen molar-refractivity contribution in [3.63, 3.8) is 0 Å². The third kappa shape index (κ3) is 1.78. The van der Waals surface area contributed by atoms with Gasteiger partial charge in [-0.05, 0) is 42.4 Å². The van der Waals surface area contributed by atoms with Crippen molar-refractivity contribution in [1.29, 1.82) is 0 Å². The molecule has 0 saturated heterocycles. The Morgan fingerprint density at radius 2 is 1.94 bits per heavy atom. The summed E-state index contributed by atoms with van der Waals surface area (Å²) in [5.41, 5.74) is 10.8. The minimum atomic E-state index is 0.316. The summed E-state index contributed by atoms with van der Waals surface area (Å²) in [6, 6.07) is 6.99. The SMILES string of the molecule is CCc1ccc(CC)c(C2(CN)CCC2)c1. The smallest absolute Gasteiger partial charge is 0.00784 e. The number of hydrogen-bond acceptors (Lipinski definition) is 1. The van der Waals surface area contributed by atoms with Crippen LogP contribution in [0.3, 0.4) is 0 Å². The van der Waals surface area contributed by atoms with Gasteiger partial charge in [-0.2, -0.15) is 0 Å². The van der Waals surface area contributed by atoms with Crippen LogP contribution in [0.25, 0.3) is 0 Å². The Morgan fingerprint density at radius 3 is 2.38 bits per heavy atom. The zero-order valence-electron chi connectivity index (χ0n) is 10.6. The van der Waals surface area contributed by atoms with Crippen molar-refractivity contribution in [3.8, 4) is 0 Å². The van der Waals surface area contributed by atoms with E-state index in [0.717, 1.165) is 19.4 Å². The summed E-state index contributed by atoms with van der Waals surface area (Å²) in [4.78, 5) is 0. The van der Waals surface area contributed by atoms with Crippen molar-refractivity contribution in [2.75, 3.05) is 6.54 Å². The Morgan fingerprint density at radius 1 is 1.19 bits per heavy atom. The molecule has 1 aliphatic carbocycles. The fourth-order valence-corrected chi connectivity index (χ4v) is 2.83. The Balaban J connectivity index is 2.43. The molecule has 0 unspecified atom stereocenters. The Labute approximate surface area is 99.0 Å². The average Bonchev–Trinajstić information content (AvgIpc) is 2.28. The predicted octanol–water partition coefficient (Wildman–Crippen LogP) is 3.19. The minimum Gasteiger partial charge on any atom is -0.330 e. The maximum Gasteiger partial charge on any atom is 0.00784 e. The molecule has 2 rings (SSSR count). The predicted molar refractivity (Wildman–Crippen MR) is 69.8 cm³/mol. The maximum atomic E-state index is 6.02. The first-order chi connectivity index (χ1) is 7.75. The molecule has 1 aromatic carbocycles. The number of benzene rings is 1. The van der Waals surface area contributed by atoms with Crippen LogP contribution in [0.5, 0.6) is 0 Å². The summed E-state index contributed by atoms with van der Waals surface area (Å²) in [6.45, 7) is 5.28. The maximum absolute atomic E-state index is 6.02. The minimum absolute atomic E-state index is 0.316. The highest BCUT2D eigenvalue weighted by atomic mass is 14.6. The largest absolute Gasteiger partial charge is 0.330 e. The van der Waals surface area contributed by atoms with E-state index in [1.54, 1.807) is 5.56 Å². The fourth-order valence-electron chi connectivity index (χ4n) is 2.83. The van der Waals surface area contributed by atoms with Gasteiger partial charge < -0.3 is 5.73 Å².